The largest absolute Gasteiger partial charge is 0.478 e. The molecule has 1 aliphatic rings. The van der Waals surface area contributed by atoms with Crippen molar-refractivity contribution in [3.8, 4) is 0 Å². The molecule has 1 aromatic heterocycles. The minimum absolute atomic E-state index is 0.177. The van der Waals surface area contributed by atoms with Gasteiger partial charge in [-0.25, -0.2) is 4.79 Å². The summed E-state index contributed by atoms with van der Waals surface area (Å²) in [6.45, 7) is 0.584. The Morgan fingerprint density at radius 1 is 1.48 bits per heavy atom. The van der Waals surface area contributed by atoms with Crippen LogP contribution in [-0.4, -0.2) is 51.7 Å². The fraction of sp³-hybridized carbons (Fsp3) is 0.400. The molecule has 112 valence electrons. The summed E-state index contributed by atoms with van der Waals surface area (Å²) in [5, 5.41) is 17.9. The van der Waals surface area contributed by atoms with Gasteiger partial charge in [0.15, 0.2) is 0 Å². The highest BCUT2D eigenvalue weighted by molar-refractivity contribution is 5.98. The van der Waals surface area contributed by atoms with E-state index in [-0.39, 0.29) is 12.0 Å². The molecule has 1 heterocycles. The lowest BCUT2D eigenvalue weighted by molar-refractivity contribution is -0.131. The monoisotopic (exact) mass is 290 g/mol. The van der Waals surface area contributed by atoms with Gasteiger partial charge in [0.1, 0.15) is 0 Å². The fourth-order valence-electron chi connectivity index (χ4n) is 2.42. The van der Waals surface area contributed by atoms with Crippen molar-refractivity contribution in [1.29, 1.82) is 0 Å². The van der Waals surface area contributed by atoms with Gasteiger partial charge in [-0.2, -0.15) is 0 Å². The van der Waals surface area contributed by atoms with Crippen molar-refractivity contribution >= 4 is 18.0 Å². The Morgan fingerprint density at radius 3 is 2.81 bits per heavy atom. The number of hydrogen-bond donors (Lipinski definition) is 2. The van der Waals surface area contributed by atoms with E-state index in [0.717, 1.165) is 18.9 Å². The highest BCUT2D eigenvalue weighted by Crippen LogP contribution is 2.28. The molecule has 1 fully saturated rings. The molecule has 1 aliphatic carbocycles. The van der Waals surface area contributed by atoms with Crippen LogP contribution < -0.4 is 0 Å². The molecule has 6 heteroatoms. The minimum atomic E-state index is -1.07. The number of carboxylic acid groups (broad SMARTS) is 1. The van der Waals surface area contributed by atoms with E-state index in [1.807, 2.05) is 0 Å². The topological polar surface area (TPSA) is 90.7 Å². The number of carbonyl (C=O) groups is 2. The normalized spacial score (nSPS) is 21.0. The summed E-state index contributed by atoms with van der Waals surface area (Å²) in [6.07, 6.45) is 6.52. The summed E-state index contributed by atoms with van der Waals surface area (Å²) in [7, 11) is 1.71. The first kappa shape index (κ1) is 15.2. The molecule has 0 atom stereocenters. The zero-order chi connectivity index (χ0) is 15.4. The zero-order valence-electron chi connectivity index (χ0n) is 11.8. The number of aliphatic hydroxyl groups excluding tert-OH is 1. The fourth-order valence-corrected chi connectivity index (χ4v) is 2.42. The van der Waals surface area contributed by atoms with Crippen molar-refractivity contribution in [1.82, 2.24) is 9.88 Å². The van der Waals surface area contributed by atoms with E-state index in [1.165, 1.54) is 18.5 Å². The predicted octanol–water partition coefficient (Wildman–Crippen LogP) is 1.02. The van der Waals surface area contributed by atoms with E-state index < -0.39 is 5.97 Å². The first-order chi connectivity index (χ1) is 9.97. The first-order valence-electron chi connectivity index (χ1n) is 6.76. The third-order valence-electron chi connectivity index (χ3n) is 3.58. The summed E-state index contributed by atoms with van der Waals surface area (Å²) in [6, 6.07) is 1.58. The van der Waals surface area contributed by atoms with E-state index in [1.54, 1.807) is 18.0 Å². The number of aliphatic hydroxyl groups is 1. The van der Waals surface area contributed by atoms with Gasteiger partial charge in [-0.15, -0.1) is 0 Å². The molecule has 0 unspecified atom stereocenters. The Kier molecular flexibility index (Phi) is 4.70. The summed E-state index contributed by atoms with van der Waals surface area (Å²) in [5.41, 5.74) is 0.898. The van der Waals surface area contributed by atoms with Crippen molar-refractivity contribution in [3.63, 3.8) is 0 Å². The predicted molar refractivity (Wildman–Crippen MR) is 76.6 cm³/mol. The van der Waals surface area contributed by atoms with Gasteiger partial charge >= 0.3 is 5.97 Å². The molecule has 1 amide bonds. The summed E-state index contributed by atoms with van der Waals surface area (Å²) in [5.74, 6) is -0.924. The average molecular weight is 290 g/mol. The molecule has 0 saturated heterocycles. The smallest absolute Gasteiger partial charge is 0.328 e. The maximum Gasteiger partial charge on any atom is 0.328 e. The molecule has 2 rings (SSSR count). The highest BCUT2D eigenvalue weighted by Gasteiger charge is 2.29. The Balaban J connectivity index is 2.09. The Labute approximate surface area is 122 Å². The van der Waals surface area contributed by atoms with Gasteiger partial charge < -0.3 is 15.1 Å². The molecular weight excluding hydrogens is 272 g/mol. The van der Waals surface area contributed by atoms with Crippen LogP contribution in [-0.2, 0) is 4.79 Å². The minimum Gasteiger partial charge on any atom is -0.478 e. The van der Waals surface area contributed by atoms with E-state index in [2.05, 4.69) is 4.98 Å². The second kappa shape index (κ2) is 6.49. The van der Waals surface area contributed by atoms with Crippen molar-refractivity contribution in [2.75, 3.05) is 13.6 Å². The molecule has 0 radical (unpaired) electrons. The Hall–Kier alpha value is -2.21. The number of amides is 1. The molecule has 2 N–H and O–H groups in total. The van der Waals surface area contributed by atoms with Crippen molar-refractivity contribution < 1.29 is 19.8 Å². The SMILES string of the molecule is CN(CC1CC(O)C1)C(=O)c1ccncc1C=CC(=O)O. The van der Waals surface area contributed by atoms with E-state index in [4.69, 9.17) is 5.11 Å². The zero-order valence-corrected chi connectivity index (χ0v) is 11.8. The number of carboxylic acids is 1. The van der Waals surface area contributed by atoms with Crippen LogP contribution in [0.3, 0.4) is 0 Å². The number of carbonyl (C=O) groups excluding carboxylic acids is 1. The maximum atomic E-state index is 12.4. The second-order valence-corrected chi connectivity index (χ2v) is 5.31. The molecule has 0 aliphatic heterocycles. The quantitative estimate of drug-likeness (QED) is 0.790. The molecular formula is C15H18N2O4. The lowest BCUT2D eigenvalue weighted by atomic mass is 9.82. The second-order valence-electron chi connectivity index (χ2n) is 5.31. The van der Waals surface area contributed by atoms with E-state index in [0.29, 0.717) is 23.6 Å². The van der Waals surface area contributed by atoms with Gasteiger partial charge in [-0.3, -0.25) is 9.78 Å². The molecule has 0 aromatic carbocycles. The Morgan fingerprint density at radius 2 is 2.19 bits per heavy atom. The molecule has 1 aromatic rings. The van der Waals surface area contributed by atoms with Gasteiger partial charge in [0, 0.05) is 43.2 Å². The van der Waals surface area contributed by atoms with Crippen molar-refractivity contribution in [2.45, 2.75) is 18.9 Å². The van der Waals surface area contributed by atoms with Crippen LogP contribution in [0.4, 0.5) is 0 Å². The number of nitrogens with zero attached hydrogens (tertiary/aromatic N) is 2. The van der Waals surface area contributed by atoms with Crippen LogP contribution in [0.2, 0.25) is 0 Å². The number of hydrogen-bond acceptors (Lipinski definition) is 4. The standard InChI is InChI=1S/C15H18N2O4/c1-17(9-10-6-12(18)7-10)15(21)13-4-5-16-8-11(13)2-3-14(19)20/h2-5,8,10,12,18H,6-7,9H2,1H3,(H,19,20). The van der Waals surface area contributed by atoms with E-state index >= 15 is 0 Å². The average Bonchev–Trinajstić information content (AvgIpc) is 2.42. The van der Waals surface area contributed by atoms with Crippen LogP contribution in [0, 0.1) is 5.92 Å². The third-order valence-corrected chi connectivity index (χ3v) is 3.58. The molecule has 0 bridgehead atoms. The number of rotatable bonds is 5. The van der Waals surface area contributed by atoms with Crippen LogP contribution in [0.1, 0.15) is 28.8 Å². The lowest BCUT2D eigenvalue weighted by Gasteiger charge is -2.34. The van der Waals surface area contributed by atoms with Crippen LogP contribution in [0.25, 0.3) is 6.08 Å². The molecule has 21 heavy (non-hydrogen) atoms. The third kappa shape index (κ3) is 3.88. The first-order valence-corrected chi connectivity index (χ1v) is 6.76. The summed E-state index contributed by atoms with van der Waals surface area (Å²) >= 11 is 0. The van der Waals surface area contributed by atoms with Gasteiger partial charge in [0.05, 0.1) is 6.10 Å². The number of aromatic nitrogens is 1. The van der Waals surface area contributed by atoms with Crippen molar-refractivity contribution in [3.05, 3.63) is 35.7 Å². The summed E-state index contributed by atoms with van der Waals surface area (Å²) in [4.78, 5) is 28.5. The van der Waals surface area contributed by atoms with Crippen LogP contribution in [0.15, 0.2) is 24.5 Å². The van der Waals surface area contributed by atoms with Crippen molar-refractivity contribution in [2.24, 2.45) is 5.92 Å². The van der Waals surface area contributed by atoms with Crippen LogP contribution >= 0.6 is 0 Å². The van der Waals surface area contributed by atoms with Gasteiger partial charge in [-0.1, -0.05) is 0 Å². The highest BCUT2D eigenvalue weighted by atomic mass is 16.4. The molecule has 1 saturated carbocycles. The lowest BCUT2D eigenvalue weighted by Crippen LogP contribution is -2.39. The van der Waals surface area contributed by atoms with Gasteiger partial charge in [0.25, 0.3) is 5.91 Å². The maximum absolute atomic E-state index is 12.4. The number of aliphatic carboxylic acids is 1. The van der Waals surface area contributed by atoms with Crippen LogP contribution in [0.5, 0.6) is 0 Å². The van der Waals surface area contributed by atoms with Gasteiger partial charge in [-0.05, 0) is 30.9 Å². The number of pyridine rings is 1. The molecule has 0 spiro atoms. The van der Waals surface area contributed by atoms with Gasteiger partial charge in [0.2, 0.25) is 0 Å². The Bertz CT molecular complexity index is 565. The summed E-state index contributed by atoms with van der Waals surface area (Å²) < 4.78 is 0. The van der Waals surface area contributed by atoms with E-state index in [9.17, 15) is 14.7 Å². The molecule has 6 nitrogen and oxygen atoms in total.